The maximum absolute atomic E-state index is 11.5. The maximum atomic E-state index is 11.5. The molecule has 0 unspecified atom stereocenters. The number of nitrogens with two attached hydrogens (primary N) is 1. The number of rotatable bonds is 4. The zero-order chi connectivity index (χ0) is 13.1. The third kappa shape index (κ3) is 4.19. The number of hydrogen-bond donors (Lipinski definition) is 2. The monoisotopic (exact) mass is 274 g/mol. The van der Waals surface area contributed by atoms with Crippen molar-refractivity contribution in [3.63, 3.8) is 0 Å². The van der Waals surface area contributed by atoms with E-state index < -0.39 is 5.54 Å². The van der Waals surface area contributed by atoms with Gasteiger partial charge in [0, 0.05) is 6.54 Å². The number of nitrogens with one attached hydrogen (secondary N) is 1. The molecule has 0 fully saturated rings. The number of hydrogen-bond acceptors (Lipinski definition) is 2. The highest BCUT2D eigenvalue weighted by atomic mass is 35.5. The van der Waals surface area contributed by atoms with E-state index in [2.05, 4.69) is 5.32 Å². The van der Waals surface area contributed by atoms with Gasteiger partial charge in [-0.1, -0.05) is 35.3 Å². The summed E-state index contributed by atoms with van der Waals surface area (Å²) in [6, 6.07) is 5.45. The van der Waals surface area contributed by atoms with E-state index in [-0.39, 0.29) is 5.91 Å². The molecular weight excluding hydrogens is 259 g/mol. The largest absolute Gasteiger partial charge is 0.354 e. The Kier molecular flexibility index (Phi) is 4.80. The third-order valence-corrected chi connectivity index (χ3v) is 3.15. The number of benzene rings is 1. The molecule has 94 valence electrons. The minimum Gasteiger partial charge on any atom is -0.354 e. The van der Waals surface area contributed by atoms with Crippen molar-refractivity contribution in [3.8, 4) is 0 Å². The Labute approximate surface area is 111 Å². The number of amides is 1. The van der Waals surface area contributed by atoms with Gasteiger partial charge in [-0.3, -0.25) is 4.79 Å². The molecule has 0 bridgehead atoms. The van der Waals surface area contributed by atoms with Crippen molar-refractivity contribution in [2.24, 2.45) is 5.73 Å². The Bertz CT molecular complexity index is 413. The summed E-state index contributed by atoms with van der Waals surface area (Å²) in [6.45, 7) is 3.81. The van der Waals surface area contributed by atoms with E-state index in [4.69, 9.17) is 28.9 Å². The van der Waals surface area contributed by atoms with Gasteiger partial charge in [0.25, 0.3) is 0 Å². The predicted octanol–water partition coefficient (Wildman–Crippen LogP) is 2.39. The molecule has 0 heterocycles. The highest BCUT2D eigenvalue weighted by Crippen LogP contribution is 2.25. The fourth-order valence-corrected chi connectivity index (χ4v) is 1.69. The van der Waals surface area contributed by atoms with Crippen LogP contribution >= 0.6 is 23.2 Å². The summed E-state index contributed by atoms with van der Waals surface area (Å²) < 4.78 is 0. The van der Waals surface area contributed by atoms with Crippen LogP contribution in [0.5, 0.6) is 0 Å². The summed E-state index contributed by atoms with van der Waals surface area (Å²) in [5.74, 6) is -0.185. The zero-order valence-electron chi connectivity index (χ0n) is 9.89. The molecule has 0 radical (unpaired) electrons. The molecule has 0 saturated heterocycles. The van der Waals surface area contributed by atoms with Gasteiger partial charge in [0.1, 0.15) is 0 Å². The Morgan fingerprint density at radius 2 is 2.06 bits per heavy atom. The summed E-state index contributed by atoms with van der Waals surface area (Å²) in [6.07, 6.45) is 0.626. The van der Waals surface area contributed by atoms with Crippen LogP contribution in [0.25, 0.3) is 0 Å². The molecule has 0 aromatic heterocycles. The van der Waals surface area contributed by atoms with E-state index in [0.717, 1.165) is 5.56 Å². The number of carbonyl (C=O) groups excluding carboxylic acids is 1. The van der Waals surface area contributed by atoms with Crippen LogP contribution in [0.4, 0.5) is 0 Å². The standard InChI is InChI=1S/C12H16Cl2N2O/c1-12(2,15)11(17)16-7-6-8-4-3-5-9(13)10(8)14/h3-5H,6-7,15H2,1-2H3,(H,16,17). The normalized spacial score (nSPS) is 11.4. The van der Waals surface area contributed by atoms with Crippen LogP contribution in [0.2, 0.25) is 10.0 Å². The Balaban J connectivity index is 2.52. The summed E-state index contributed by atoms with van der Waals surface area (Å²) in [5.41, 5.74) is 5.70. The smallest absolute Gasteiger partial charge is 0.239 e. The first-order chi connectivity index (χ1) is 7.82. The number of halogens is 2. The van der Waals surface area contributed by atoms with Crippen LogP contribution in [-0.4, -0.2) is 18.0 Å². The molecule has 0 spiro atoms. The lowest BCUT2D eigenvalue weighted by molar-refractivity contribution is -0.125. The van der Waals surface area contributed by atoms with E-state index in [9.17, 15) is 4.79 Å². The first-order valence-corrected chi connectivity index (χ1v) is 6.08. The average molecular weight is 275 g/mol. The highest BCUT2D eigenvalue weighted by molar-refractivity contribution is 6.42. The molecule has 17 heavy (non-hydrogen) atoms. The van der Waals surface area contributed by atoms with Gasteiger partial charge in [0.05, 0.1) is 15.6 Å². The van der Waals surface area contributed by atoms with Crippen molar-refractivity contribution < 1.29 is 4.79 Å². The van der Waals surface area contributed by atoms with Crippen LogP contribution in [0, 0.1) is 0 Å². The summed E-state index contributed by atoms with van der Waals surface area (Å²) in [5, 5.41) is 3.81. The predicted molar refractivity (Wildman–Crippen MR) is 71.4 cm³/mol. The van der Waals surface area contributed by atoms with Crippen LogP contribution in [0.3, 0.4) is 0 Å². The lowest BCUT2D eigenvalue weighted by Gasteiger charge is -2.17. The second-order valence-corrected chi connectivity index (χ2v) is 5.23. The first kappa shape index (κ1) is 14.3. The van der Waals surface area contributed by atoms with Crippen molar-refractivity contribution in [3.05, 3.63) is 33.8 Å². The minimum absolute atomic E-state index is 0.185. The maximum Gasteiger partial charge on any atom is 0.239 e. The Hall–Kier alpha value is -0.770. The molecule has 3 N–H and O–H groups in total. The van der Waals surface area contributed by atoms with Gasteiger partial charge in [-0.2, -0.15) is 0 Å². The molecular formula is C12H16Cl2N2O. The van der Waals surface area contributed by atoms with Gasteiger partial charge < -0.3 is 11.1 Å². The minimum atomic E-state index is -0.863. The lowest BCUT2D eigenvalue weighted by atomic mass is 10.1. The molecule has 1 aromatic rings. The first-order valence-electron chi connectivity index (χ1n) is 5.32. The highest BCUT2D eigenvalue weighted by Gasteiger charge is 2.20. The average Bonchev–Trinajstić information content (AvgIpc) is 2.22. The third-order valence-electron chi connectivity index (χ3n) is 2.30. The SMILES string of the molecule is CC(C)(N)C(=O)NCCc1cccc(Cl)c1Cl. The van der Waals surface area contributed by atoms with Crippen LogP contribution in [0.1, 0.15) is 19.4 Å². The zero-order valence-corrected chi connectivity index (χ0v) is 11.4. The van der Waals surface area contributed by atoms with Crippen molar-refractivity contribution in [1.82, 2.24) is 5.32 Å². The fraction of sp³-hybridized carbons (Fsp3) is 0.417. The molecule has 0 aliphatic rings. The van der Waals surface area contributed by atoms with Gasteiger partial charge in [-0.25, -0.2) is 0 Å². The topological polar surface area (TPSA) is 55.1 Å². The van der Waals surface area contributed by atoms with E-state index in [1.807, 2.05) is 12.1 Å². The van der Waals surface area contributed by atoms with Gasteiger partial charge in [0.15, 0.2) is 0 Å². The van der Waals surface area contributed by atoms with Gasteiger partial charge in [0.2, 0.25) is 5.91 Å². The molecule has 1 amide bonds. The molecule has 1 rings (SSSR count). The quantitative estimate of drug-likeness (QED) is 0.886. The molecule has 5 heteroatoms. The Morgan fingerprint density at radius 1 is 1.41 bits per heavy atom. The molecule has 0 aliphatic carbocycles. The van der Waals surface area contributed by atoms with Crippen LogP contribution in [-0.2, 0) is 11.2 Å². The van der Waals surface area contributed by atoms with Gasteiger partial charge >= 0.3 is 0 Å². The van der Waals surface area contributed by atoms with Crippen molar-refractivity contribution in [2.45, 2.75) is 25.8 Å². The second-order valence-electron chi connectivity index (χ2n) is 4.44. The summed E-state index contributed by atoms with van der Waals surface area (Å²) in [7, 11) is 0. The fourth-order valence-electron chi connectivity index (χ4n) is 1.28. The lowest BCUT2D eigenvalue weighted by Crippen LogP contribution is -2.49. The second kappa shape index (κ2) is 5.71. The Morgan fingerprint density at radius 3 is 2.65 bits per heavy atom. The van der Waals surface area contributed by atoms with E-state index in [1.54, 1.807) is 19.9 Å². The van der Waals surface area contributed by atoms with Gasteiger partial charge in [-0.15, -0.1) is 0 Å². The van der Waals surface area contributed by atoms with Crippen molar-refractivity contribution in [2.75, 3.05) is 6.54 Å². The summed E-state index contributed by atoms with van der Waals surface area (Å²) in [4.78, 5) is 11.5. The van der Waals surface area contributed by atoms with Crippen molar-refractivity contribution >= 4 is 29.1 Å². The van der Waals surface area contributed by atoms with E-state index in [0.29, 0.717) is 23.0 Å². The van der Waals surface area contributed by atoms with E-state index in [1.165, 1.54) is 0 Å². The molecule has 3 nitrogen and oxygen atoms in total. The van der Waals surface area contributed by atoms with Crippen LogP contribution < -0.4 is 11.1 Å². The number of carbonyl (C=O) groups is 1. The van der Waals surface area contributed by atoms with Gasteiger partial charge in [-0.05, 0) is 31.9 Å². The van der Waals surface area contributed by atoms with E-state index >= 15 is 0 Å². The molecule has 0 aliphatic heterocycles. The molecule has 0 atom stereocenters. The van der Waals surface area contributed by atoms with Crippen LogP contribution in [0.15, 0.2) is 18.2 Å². The van der Waals surface area contributed by atoms with Crippen molar-refractivity contribution in [1.29, 1.82) is 0 Å². The molecule has 1 aromatic carbocycles. The summed E-state index contributed by atoms with van der Waals surface area (Å²) >= 11 is 11.9. The molecule has 0 saturated carbocycles.